The molecule has 2 aliphatic rings. The largest absolute Gasteiger partial charge is 0.480 e. The molecule has 2 bridgehead atoms. The van der Waals surface area contributed by atoms with Gasteiger partial charge in [0, 0.05) is 30.4 Å². The molecule has 23 heavy (non-hydrogen) atoms. The van der Waals surface area contributed by atoms with Crippen molar-refractivity contribution >= 4 is 23.3 Å². The van der Waals surface area contributed by atoms with E-state index in [1.54, 1.807) is 16.2 Å². The van der Waals surface area contributed by atoms with Gasteiger partial charge in [-0.3, -0.25) is 9.69 Å². The van der Waals surface area contributed by atoms with Gasteiger partial charge in [0.15, 0.2) is 0 Å². The Morgan fingerprint density at radius 2 is 2.22 bits per heavy atom. The number of thiophene rings is 1. The van der Waals surface area contributed by atoms with Gasteiger partial charge in [-0.25, -0.2) is 4.79 Å². The third-order valence-electron chi connectivity index (χ3n) is 4.20. The molecular formula is C15H21N3O4S. The van der Waals surface area contributed by atoms with Crippen LogP contribution in [-0.4, -0.2) is 72.3 Å². The molecule has 1 aromatic rings. The standard InChI is InChI=1S/C15H21N3O4S/c19-14(20)8-17-5-11-6-18(7-12(17)10-22-9-11)15(21)16-4-13-2-1-3-23-13/h1-3,11-12H,4-10H2,(H,16,21)(H,19,20)/t11-,12+/m1/s1. The van der Waals surface area contributed by atoms with Crippen LogP contribution in [0.25, 0.3) is 0 Å². The van der Waals surface area contributed by atoms with E-state index in [2.05, 4.69) is 5.32 Å². The zero-order valence-electron chi connectivity index (χ0n) is 12.8. The average Bonchev–Trinajstić information content (AvgIpc) is 2.86. The number of carboxylic acids is 1. The zero-order valence-corrected chi connectivity index (χ0v) is 13.6. The van der Waals surface area contributed by atoms with Crippen molar-refractivity contribution in [2.45, 2.75) is 12.6 Å². The van der Waals surface area contributed by atoms with E-state index in [1.807, 2.05) is 22.4 Å². The smallest absolute Gasteiger partial charge is 0.317 e. The number of hydrogen-bond donors (Lipinski definition) is 2. The number of aliphatic carboxylic acids is 1. The van der Waals surface area contributed by atoms with Gasteiger partial charge in [0.05, 0.1) is 32.3 Å². The van der Waals surface area contributed by atoms with Crippen molar-refractivity contribution in [3.63, 3.8) is 0 Å². The summed E-state index contributed by atoms with van der Waals surface area (Å²) in [6.45, 7) is 3.32. The summed E-state index contributed by atoms with van der Waals surface area (Å²) in [4.78, 5) is 28.3. The van der Waals surface area contributed by atoms with Crippen molar-refractivity contribution in [3.05, 3.63) is 22.4 Å². The van der Waals surface area contributed by atoms with Crippen molar-refractivity contribution in [1.82, 2.24) is 15.1 Å². The Balaban J connectivity index is 1.62. The van der Waals surface area contributed by atoms with Crippen LogP contribution in [-0.2, 0) is 16.1 Å². The van der Waals surface area contributed by atoms with E-state index in [-0.39, 0.29) is 24.5 Å². The Kier molecular flexibility index (Phi) is 5.14. The number of ether oxygens (including phenoxy) is 1. The fourth-order valence-corrected chi connectivity index (χ4v) is 3.79. The number of amides is 2. The monoisotopic (exact) mass is 339 g/mol. The molecule has 0 radical (unpaired) electrons. The second-order valence-electron chi connectivity index (χ2n) is 6.02. The van der Waals surface area contributed by atoms with Crippen LogP contribution < -0.4 is 5.32 Å². The molecule has 3 rings (SSSR count). The van der Waals surface area contributed by atoms with Gasteiger partial charge in [-0.15, -0.1) is 11.3 Å². The number of carbonyl (C=O) groups is 2. The molecule has 7 nitrogen and oxygen atoms in total. The van der Waals surface area contributed by atoms with Gasteiger partial charge in [0.25, 0.3) is 0 Å². The van der Waals surface area contributed by atoms with Crippen molar-refractivity contribution in [1.29, 1.82) is 0 Å². The highest BCUT2D eigenvalue weighted by Crippen LogP contribution is 2.19. The summed E-state index contributed by atoms with van der Waals surface area (Å²) < 4.78 is 5.63. The van der Waals surface area contributed by atoms with Gasteiger partial charge in [-0.05, 0) is 11.4 Å². The fourth-order valence-electron chi connectivity index (χ4n) is 3.15. The number of urea groups is 1. The minimum absolute atomic E-state index is 0.00478. The maximum absolute atomic E-state index is 12.4. The van der Waals surface area contributed by atoms with Gasteiger partial charge in [-0.1, -0.05) is 6.07 Å². The molecule has 3 heterocycles. The molecule has 2 fully saturated rings. The lowest BCUT2D eigenvalue weighted by atomic mass is 10.1. The maximum atomic E-state index is 12.4. The molecule has 2 saturated heterocycles. The van der Waals surface area contributed by atoms with E-state index in [9.17, 15) is 9.59 Å². The summed E-state index contributed by atoms with van der Waals surface area (Å²) in [5.74, 6) is -0.694. The normalized spacial score (nSPS) is 25.0. The van der Waals surface area contributed by atoms with Crippen molar-refractivity contribution in [2.24, 2.45) is 5.92 Å². The Morgan fingerprint density at radius 3 is 2.96 bits per heavy atom. The number of fused-ring (bicyclic) bond motifs is 3. The molecule has 0 aliphatic carbocycles. The summed E-state index contributed by atoms with van der Waals surface area (Å²) in [7, 11) is 0. The molecule has 0 spiro atoms. The highest BCUT2D eigenvalue weighted by Gasteiger charge is 2.35. The van der Waals surface area contributed by atoms with Gasteiger partial charge >= 0.3 is 12.0 Å². The first-order chi connectivity index (χ1) is 11.1. The first-order valence-corrected chi connectivity index (χ1v) is 8.58. The van der Waals surface area contributed by atoms with E-state index in [4.69, 9.17) is 9.84 Å². The third kappa shape index (κ3) is 4.21. The lowest BCUT2D eigenvalue weighted by Gasteiger charge is -2.30. The molecule has 126 valence electrons. The quantitative estimate of drug-likeness (QED) is 0.843. The number of carbonyl (C=O) groups excluding carboxylic acids is 1. The van der Waals surface area contributed by atoms with Crippen LogP contribution in [0.5, 0.6) is 0 Å². The van der Waals surface area contributed by atoms with Crippen molar-refractivity contribution in [2.75, 3.05) is 39.4 Å². The molecule has 0 saturated carbocycles. The highest BCUT2D eigenvalue weighted by molar-refractivity contribution is 7.09. The number of carboxylic acid groups (broad SMARTS) is 1. The van der Waals surface area contributed by atoms with Crippen molar-refractivity contribution < 1.29 is 19.4 Å². The van der Waals surface area contributed by atoms with Crippen LogP contribution in [0, 0.1) is 5.92 Å². The predicted octanol–water partition coefficient (Wildman–Crippen LogP) is 0.675. The van der Waals surface area contributed by atoms with Gasteiger partial charge in [-0.2, -0.15) is 0 Å². The van der Waals surface area contributed by atoms with Crippen LogP contribution in [0.15, 0.2) is 17.5 Å². The van der Waals surface area contributed by atoms with E-state index in [0.717, 1.165) is 4.88 Å². The molecule has 2 atom stereocenters. The minimum Gasteiger partial charge on any atom is -0.480 e. The molecule has 8 heteroatoms. The van der Waals surface area contributed by atoms with Gasteiger partial charge < -0.3 is 20.1 Å². The van der Waals surface area contributed by atoms with E-state index >= 15 is 0 Å². The topological polar surface area (TPSA) is 82.1 Å². The van der Waals surface area contributed by atoms with Crippen molar-refractivity contribution in [3.8, 4) is 0 Å². The fraction of sp³-hybridized carbons (Fsp3) is 0.600. The predicted molar refractivity (Wildman–Crippen MR) is 85.4 cm³/mol. The highest BCUT2D eigenvalue weighted by atomic mass is 32.1. The molecule has 2 amide bonds. The molecule has 0 unspecified atom stereocenters. The first kappa shape index (κ1) is 16.2. The Labute approximate surface area is 138 Å². The van der Waals surface area contributed by atoms with Crippen LogP contribution >= 0.6 is 11.3 Å². The van der Waals surface area contributed by atoms with Crippen LogP contribution in [0.1, 0.15) is 4.88 Å². The zero-order chi connectivity index (χ0) is 16.2. The maximum Gasteiger partial charge on any atom is 0.317 e. The first-order valence-electron chi connectivity index (χ1n) is 7.70. The van der Waals surface area contributed by atoms with E-state index < -0.39 is 5.97 Å². The number of nitrogens with one attached hydrogen (secondary N) is 1. The van der Waals surface area contributed by atoms with Gasteiger partial charge in [0.2, 0.25) is 0 Å². The lowest BCUT2D eigenvalue weighted by Crippen LogP contribution is -2.49. The number of hydrogen-bond acceptors (Lipinski definition) is 5. The second-order valence-corrected chi connectivity index (χ2v) is 7.06. The van der Waals surface area contributed by atoms with Crippen LogP contribution in [0.4, 0.5) is 4.79 Å². The van der Waals surface area contributed by atoms with Crippen LogP contribution in [0.2, 0.25) is 0 Å². The summed E-state index contributed by atoms with van der Waals surface area (Å²) in [6.07, 6.45) is 0. The molecule has 1 aromatic heterocycles. The van der Waals surface area contributed by atoms with Gasteiger partial charge in [0.1, 0.15) is 0 Å². The summed E-state index contributed by atoms with van der Waals surface area (Å²) in [5.41, 5.74) is 0. The van der Waals surface area contributed by atoms with E-state index in [0.29, 0.717) is 39.4 Å². The Morgan fingerprint density at radius 1 is 1.35 bits per heavy atom. The second kappa shape index (κ2) is 7.29. The molecular weight excluding hydrogens is 318 g/mol. The third-order valence-corrected chi connectivity index (χ3v) is 5.08. The molecule has 2 N–H and O–H groups in total. The average molecular weight is 339 g/mol. The summed E-state index contributed by atoms with van der Waals surface area (Å²) in [6, 6.07) is 3.80. The lowest BCUT2D eigenvalue weighted by molar-refractivity contribution is -0.139. The van der Waals surface area contributed by atoms with Crippen LogP contribution in [0.3, 0.4) is 0 Å². The Bertz CT molecular complexity index is 551. The molecule has 2 aliphatic heterocycles. The minimum atomic E-state index is -0.841. The summed E-state index contributed by atoms with van der Waals surface area (Å²) >= 11 is 1.61. The molecule has 0 aromatic carbocycles. The SMILES string of the molecule is O=C(O)CN1C[C@H]2COC[C@@H]1CN(C(=O)NCc1cccs1)C2. The number of rotatable bonds is 4. The summed E-state index contributed by atoms with van der Waals surface area (Å²) in [5, 5.41) is 14.0. The Hall–Kier alpha value is -1.64. The number of nitrogens with zero attached hydrogens (tertiary/aromatic N) is 2. The van der Waals surface area contributed by atoms with E-state index in [1.165, 1.54) is 0 Å².